The van der Waals surface area contributed by atoms with Gasteiger partial charge in [0.15, 0.2) is 0 Å². The second kappa shape index (κ2) is 10.0. The monoisotopic (exact) mass is 468 g/mol. The lowest BCUT2D eigenvalue weighted by atomic mass is 9.84. The molecule has 0 unspecified atom stereocenters. The van der Waals surface area contributed by atoms with Gasteiger partial charge in [-0.1, -0.05) is 44.7 Å². The molecule has 2 aromatic rings. The number of phenols is 1. The zero-order valence-electron chi connectivity index (χ0n) is 20.1. The van der Waals surface area contributed by atoms with Gasteiger partial charge >= 0.3 is 5.97 Å². The van der Waals surface area contributed by atoms with Gasteiger partial charge in [0.05, 0.1) is 17.2 Å². The molecule has 1 amide bonds. The Kier molecular flexibility index (Phi) is 7.55. The van der Waals surface area contributed by atoms with Crippen molar-refractivity contribution < 1.29 is 19.4 Å². The number of phenolic OH excluding ortho intramolecular Hbond substituents is 1. The van der Waals surface area contributed by atoms with Crippen LogP contribution in [0, 0.1) is 0 Å². The SMILES string of the molecule is CCOC(=O)CN1C(=O)/C(=C/c2cc(CN(C)C)c(O)c(C(C)(C)C)c2)Sc2ccccc21. The van der Waals surface area contributed by atoms with E-state index in [-0.39, 0.29) is 30.2 Å². The standard InChI is InChI=1S/C26H32N2O4S/c1-7-32-23(29)16-28-20-10-8-9-11-21(20)33-22(25(28)31)14-17-12-18(15-27(5)6)24(30)19(13-17)26(2,3)4/h8-14,30H,7,15-16H2,1-6H3/b22-14-. The van der Waals surface area contributed by atoms with E-state index in [2.05, 4.69) is 20.8 Å². The zero-order chi connectivity index (χ0) is 24.3. The summed E-state index contributed by atoms with van der Waals surface area (Å²) in [7, 11) is 3.90. The van der Waals surface area contributed by atoms with E-state index < -0.39 is 5.97 Å². The third-order valence-corrected chi connectivity index (χ3v) is 6.31. The average Bonchev–Trinajstić information content (AvgIpc) is 2.72. The van der Waals surface area contributed by atoms with Gasteiger partial charge in [0.1, 0.15) is 12.3 Å². The highest BCUT2D eigenvalue weighted by atomic mass is 32.2. The van der Waals surface area contributed by atoms with Crippen LogP contribution in [0.5, 0.6) is 5.75 Å². The first-order valence-electron chi connectivity index (χ1n) is 11.0. The number of fused-ring (bicyclic) bond motifs is 1. The number of rotatable bonds is 6. The van der Waals surface area contributed by atoms with Crippen LogP contribution >= 0.6 is 11.8 Å². The first-order valence-corrected chi connectivity index (χ1v) is 11.8. The van der Waals surface area contributed by atoms with E-state index >= 15 is 0 Å². The predicted octanol–water partition coefficient (Wildman–Crippen LogP) is 4.79. The number of thioether (sulfide) groups is 1. The number of ether oxygens (including phenoxy) is 1. The lowest BCUT2D eigenvalue weighted by Gasteiger charge is -2.29. The second-order valence-corrected chi connectivity index (χ2v) is 10.4. The Morgan fingerprint density at radius 1 is 1.21 bits per heavy atom. The highest BCUT2D eigenvalue weighted by Gasteiger charge is 2.31. The van der Waals surface area contributed by atoms with Crippen LogP contribution in [0.3, 0.4) is 0 Å². The van der Waals surface area contributed by atoms with Crippen LogP contribution in [0.1, 0.15) is 44.4 Å². The minimum Gasteiger partial charge on any atom is -0.507 e. The van der Waals surface area contributed by atoms with E-state index in [0.29, 0.717) is 17.1 Å². The molecule has 0 saturated carbocycles. The number of esters is 1. The molecule has 0 aliphatic carbocycles. The molecular weight excluding hydrogens is 436 g/mol. The van der Waals surface area contributed by atoms with Gasteiger partial charge in [0.2, 0.25) is 0 Å². The van der Waals surface area contributed by atoms with Crippen LogP contribution in [0.15, 0.2) is 46.2 Å². The summed E-state index contributed by atoms with van der Waals surface area (Å²) in [5.74, 6) is -0.402. The van der Waals surface area contributed by atoms with E-state index in [4.69, 9.17) is 4.74 Å². The maximum Gasteiger partial charge on any atom is 0.326 e. The molecule has 6 nitrogen and oxygen atoms in total. The van der Waals surface area contributed by atoms with E-state index in [9.17, 15) is 14.7 Å². The van der Waals surface area contributed by atoms with Gasteiger partial charge in [-0.15, -0.1) is 0 Å². The quantitative estimate of drug-likeness (QED) is 0.485. The van der Waals surface area contributed by atoms with Gasteiger partial charge in [0, 0.05) is 22.6 Å². The van der Waals surface area contributed by atoms with Crippen LogP contribution in [0.4, 0.5) is 5.69 Å². The molecule has 0 radical (unpaired) electrons. The van der Waals surface area contributed by atoms with Crippen molar-refractivity contribution in [3.8, 4) is 5.75 Å². The molecule has 0 atom stereocenters. The molecule has 0 fully saturated rings. The fraction of sp³-hybridized carbons (Fsp3) is 0.385. The van der Waals surface area contributed by atoms with Gasteiger partial charge in [-0.3, -0.25) is 14.5 Å². The molecule has 3 rings (SSSR count). The fourth-order valence-corrected chi connectivity index (χ4v) is 4.80. The Hall–Kier alpha value is -2.77. The van der Waals surface area contributed by atoms with Gasteiger partial charge in [-0.25, -0.2) is 0 Å². The first kappa shape index (κ1) is 24.9. The third-order valence-electron chi connectivity index (χ3n) is 5.23. The largest absolute Gasteiger partial charge is 0.507 e. The number of aromatic hydroxyl groups is 1. The van der Waals surface area contributed by atoms with E-state index in [0.717, 1.165) is 21.6 Å². The Labute approximate surface area is 200 Å². The van der Waals surface area contributed by atoms with Crippen molar-refractivity contribution in [2.45, 2.75) is 44.6 Å². The number of nitrogens with zero attached hydrogens (tertiary/aromatic N) is 2. The molecule has 7 heteroatoms. The molecule has 1 N–H and O–H groups in total. The number of para-hydroxylation sites is 1. The molecule has 0 spiro atoms. The number of carbonyl (C=O) groups is 2. The van der Waals surface area contributed by atoms with Crippen LogP contribution in [0.2, 0.25) is 0 Å². The van der Waals surface area contributed by atoms with Crippen LogP contribution in [-0.4, -0.2) is 49.1 Å². The van der Waals surface area contributed by atoms with Gasteiger partial charge in [-0.2, -0.15) is 0 Å². The number of anilines is 1. The summed E-state index contributed by atoms with van der Waals surface area (Å²) in [4.78, 5) is 30.5. The molecule has 0 bridgehead atoms. The molecule has 0 saturated heterocycles. The van der Waals surface area contributed by atoms with Crippen molar-refractivity contribution in [3.63, 3.8) is 0 Å². The molecule has 1 aliphatic heterocycles. The minimum absolute atomic E-state index is 0.143. The van der Waals surface area contributed by atoms with Crippen LogP contribution in [-0.2, 0) is 26.3 Å². The summed E-state index contributed by atoms with van der Waals surface area (Å²) in [6.45, 7) is 8.59. The summed E-state index contributed by atoms with van der Waals surface area (Å²) in [5.41, 5.74) is 2.89. The number of hydrogen-bond donors (Lipinski definition) is 1. The molecule has 33 heavy (non-hydrogen) atoms. The Morgan fingerprint density at radius 3 is 2.55 bits per heavy atom. The van der Waals surface area contributed by atoms with E-state index in [1.807, 2.05) is 61.5 Å². The molecule has 2 aromatic carbocycles. The first-order chi connectivity index (χ1) is 15.5. The van der Waals surface area contributed by atoms with Gasteiger partial charge in [0.25, 0.3) is 5.91 Å². The summed E-state index contributed by atoms with van der Waals surface area (Å²) in [6, 6.07) is 11.4. The van der Waals surface area contributed by atoms with Crippen molar-refractivity contribution in [2.75, 3.05) is 32.1 Å². The van der Waals surface area contributed by atoms with Crippen molar-refractivity contribution >= 4 is 35.4 Å². The van der Waals surface area contributed by atoms with Crippen molar-refractivity contribution in [1.29, 1.82) is 0 Å². The van der Waals surface area contributed by atoms with Crippen LogP contribution < -0.4 is 4.90 Å². The number of hydrogen-bond acceptors (Lipinski definition) is 6. The zero-order valence-corrected chi connectivity index (χ0v) is 21.0. The number of carbonyl (C=O) groups excluding carboxylic acids is 2. The van der Waals surface area contributed by atoms with Gasteiger partial charge < -0.3 is 14.7 Å². The number of amides is 1. The highest BCUT2D eigenvalue weighted by Crippen LogP contribution is 2.43. The lowest BCUT2D eigenvalue weighted by molar-refractivity contribution is -0.142. The fourth-order valence-electron chi connectivity index (χ4n) is 3.74. The maximum atomic E-state index is 13.4. The predicted molar refractivity (Wildman–Crippen MR) is 133 cm³/mol. The Balaban J connectivity index is 2.08. The summed E-state index contributed by atoms with van der Waals surface area (Å²) >= 11 is 1.39. The second-order valence-electron chi connectivity index (χ2n) is 9.34. The van der Waals surface area contributed by atoms with E-state index in [1.165, 1.54) is 16.7 Å². The molecule has 176 valence electrons. The van der Waals surface area contributed by atoms with Crippen molar-refractivity contribution in [2.24, 2.45) is 0 Å². The van der Waals surface area contributed by atoms with Crippen molar-refractivity contribution in [3.05, 3.63) is 58.0 Å². The summed E-state index contributed by atoms with van der Waals surface area (Å²) in [6.07, 6.45) is 1.84. The Morgan fingerprint density at radius 2 is 1.91 bits per heavy atom. The summed E-state index contributed by atoms with van der Waals surface area (Å²) in [5, 5.41) is 10.9. The molecule has 1 heterocycles. The number of benzene rings is 2. The third kappa shape index (κ3) is 5.78. The smallest absolute Gasteiger partial charge is 0.326 e. The summed E-state index contributed by atoms with van der Waals surface area (Å²) < 4.78 is 5.09. The molecular formula is C26H32N2O4S. The van der Waals surface area contributed by atoms with Gasteiger partial charge in [-0.05, 0) is 62.3 Å². The topological polar surface area (TPSA) is 70.1 Å². The Bertz CT molecular complexity index is 1090. The normalized spacial score (nSPS) is 15.2. The average molecular weight is 469 g/mol. The maximum absolute atomic E-state index is 13.4. The lowest BCUT2D eigenvalue weighted by Crippen LogP contribution is -2.39. The molecule has 1 aliphatic rings. The van der Waals surface area contributed by atoms with Crippen LogP contribution in [0.25, 0.3) is 6.08 Å². The minimum atomic E-state index is -0.445. The molecule has 0 aromatic heterocycles. The highest BCUT2D eigenvalue weighted by molar-refractivity contribution is 8.04. The van der Waals surface area contributed by atoms with Crippen molar-refractivity contribution in [1.82, 2.24) is 4.90 Å². The van der Waals surface area contributed by atoms with E-state index in [1.54, 1.807) is 6.92 Å².